The van der Waals surface area contributed by atoms with Crippen molar-refractivity contribution in [1.29, 1.82) is 0 Å². The van der Waals surface area contributed by atoms with Crippen molar-refractivity contribution in [2.24, 2.45) is 11.8 Å². The van der Waals surface area contributed by atoms with Gasteiger partial charge in [0.25, 0.3) is 0 Å². The molecule has 4 aromatic rings. The SMILES string of the molecule is C=CCCCC(Cc1ccccc1)C(=O)OCC(Cc1ccc(OCc2ccccc2)cc1)NC(=O)C(CC=C)CC(=O)N(CCO)Cc1ccccc1. The normalized spacial score (nSPS) is 12.5. The average molecular weight is 731 g/mol. The van der Waals surface area contributed by atoms with Crippen LogP contribution < -0.4 is 10.1 Å². The average Bonchev–Trinajstić information content (AvgIpc) is 3.20. The van der Waals surface area contributed by atoms with Gasteiger partial charge in [0.1, 0.15) is 19.0 Å². The first-order valence-corrected chi connectivity index (χ1v) is 18.8. The summed E-state index contributed by atoms with van der Waals surface area (Å²) in [5.74, 6) is -1.23. The zero-order valence-corrected chi connectivity index (χ0v) is 31.2. The third kappa shape index (κ3) is 14.5. The van der Waals surface area contributed by atoms with Gasteiger partial charge in [0.15, 0.2) is 0 Å². The number of aliphatic hydroxyl groups excluding tert-OH is 1. The molecule has 0 aliphatic carbocycles. The van der Waals surface area contributed by atoms with E-state index in [0.717, 1.165) is 35.1 Å². The van der Waals surface area contributed by atoms with E-state index in [1.165, 1.54) is 0 Å². The fraction of sp³-hybridized carbons (Fsp3) is 0.326. The van der Waals surface area contributed by atoms with Crippen LogP contribution in [0, 0.1) is 11.8 Å². The number of hydrogen-bond donors (Lipinski definition) is 2. The summed E-state index contributed by atoms with van der Waals surface area (Å²) >= 11 is 0. The van der Waals surface area contributed by atoms with Gasteiger partial charge >= 0.3 is 5.97 Å². The second-order valence-corrected chi connectivity index (χ2v) is 13.5. The van der Waals surface area contributed by atoms with Gasteiger partial charge in [0.2, 0.25) is 11.8 Å². The van der Waals surface area contributed by atoms with Crippen LogP contribution >= 0.6 is 0 Å². The maximum Gasteiger partial charge on any atom is 0.309 e. The molecule has 0 fully saturated rings. The number of allylic oxidation sites excluding steroid dienone is 2. The first-order chi connectivity index (χ1) is 26.4. The Balaban J connectivity index is 1.48. The molecular weight excluding hydrogens is 677 g/mol. The Morgan fingerprint density at radius 2 is 1.35 bits per heavy atom. The minimum Gasteiger partial charge on any atom is -0.489 e. The number of aliphatic hydroxyl groups is 1. The molecule has 4 rings (SSSR count). The highest BCUT2D eigenvalue weighted by atomic mass is 16.5. The fourth-order valence-electron chi connectivity index (χ4n) is 6.27. The number of carbonyl (C=O) groups excluding carboxylic acids is 3. The highest BCUT2D eigenvalue weighted by Gasteiger charge is 2.28. The molecule has 0 bridgehead atoms. The van der Waals surface area contributed by atoms with Crippen molar-refractivity contribution >= 4 is 17.8 Å². The number of benzene rings is 4. The van der Waals surface area contributed by atoms with Crippen molar-refractivity contribution in [2.75, 3.05) is 19.8 Å². The summed E-state index contributed by atoms with van der Waals surface area (Å²) in [7, 11) is 0. The van der Waals surface area contributed by atoms with Crippen LogP contribution in [0.3, 0.4) is 0 Å². The lowest BCUT2D eigenvalue weighted by Gasteiger charge is -2.26. The number of nitrogens with one attached hydrogen (secondary N) is 1. The molecule has 3 atom stereocenters. The van der Waals surface area contributed by atoms with Crippen LogP contribution in [0.4, 0.5) is 0 Å². The maximum atomic E-state index is 13.9. The van der Waals surface area contributed by atoms with Gasteiger partial charge in [-0.3, -0.25) is 14.4 Å². The topological polar surface area (TPSA) is 105 Å². The molecule has 4 aromatic carbocycles. The van der Waals surface area contributed by atoms with Crippen LogP contribution in [-0.4, -0.2) is 53.6 Å². The van der Waals surface area contributed by atoms with E-state index in [1.54, 1.807) is 11.0 Å². The number of rotatable bonds is 24. The largest absolute Gasteiger partial charge is 0.489 e. The van der Waals surface area contributed by atoms with Crippen molar-refractivity contribution in [3.05, 3.63) is 163 Å². The minimum atomic E-state index is -0.705. The smallest absolute Gasteiger partial charge is 0.309 e. The zero-order valence-electron chi connectivity index (χ0n) is 31.2. The fourth-order valence-corrected chi connectivity index (χ4v) is 6.27. The molecule has 8 heteroatoms. The van der Waals surface area contributed by atoms with Gasteiger partial charge in [0, 0.05) is 19.5 Å². The Morgan fingerprint density at radius 3 is 1.96 bits per heavy atom. The van der Waals surface area contributed by atoms with Crippen molar-refractivity contribution in [3.63, 3.8) is 0 Å². The van der Waals surface area contributed by atoms with E-state index in [2.05, 4.69) is 18.5 Å². The highest BCUT2D eigenvalue weighted by Crippen LogP contribution is 2.20. The Bertz CT molecular complexity index is 1710. The molecule has 3 unspecified atom stereocenters. The molecule has 0 spiro atoms. The lowest BCUT2D eigenvalue weighted by Crippen LogP contribution is -2.45. The van der Waals surface area contributed by atoms with Crippen molar-refractivity contribution in [3.8, 4) is 5.75 Å². The van der Waals surface area contributed by atoms with Crippen LogP contribution in [0.15, 0.2) is 141 Å². The standard InChI is InChI=1S/C46H54N2O6/c1-3-5-9-23-41(30-36-17-10-6-11-18-36)46(52)54-35-42(31-37-24-26-43(27-25-37)53-34-39-21-14-8-15-22-39)47-45(51)40(16-4-2)32-44(50)48(28-29-49)33-38-19-12-7-13-20-38/h3-4,6-8,10-15,17-22,24-27,40-42,49H,1-2,5,9,16,23,28-35H2,(H,47,51). The molecule has 0 radical (unpaired) electrons. The van der Waals surface area contributed by atoms with Gasteiger partial charge in [0.05, 0.1) is 24.5 Å². The monoisotopic (exact) mass is 730 g/mol. The molecule has 2 N–H and O–H groups in total. The minimum absolute atomic E-state index is 0.0387. The number of ether oxygens (including phenoxy) is 2. The van der Waals surface area contributed by atoms with Crippen molar-refractivity contribution in [1.82, 2.24) is 10.2 Å². The second kappa shape index (κ2) is 23.2. The summed E-state index contributed by atoms with van der Waals surface area (Å²) < 4.78 is 12.0. The summed E-state index contributed by atoms with van der Waals surface area (Å²) in [5, 5.41) is 12.8. The first-order valence-electron chi connectivity index (χ1n) is 18.8. The molecule has 2 amide bonds. The third-order valence-electron chi connectivity index (χ3n) is 9.23. The lowest BCUT2D eigenvalue weighted by molar-refractivity contribution is -0.150. The lowest BCUT2D eigenvalue weighted by atomic mass is 9.94. The van der Waals surface area contributed by atoms with Crippen molar-refractivity contribution in [2.45, 2.75) is 64.1 Å². The number of carbonyl (C=O) groups is 3. The highest BCUT2D eigenvalue weighted by molar-refractivity contribution is 5.86. The van der Waals surface area contributed by atoms with E-state index in [4.69, 9.17) is 9.47 Å². The first kappa shape index (κ1) is 41.3. The van der Waals surface area contributed by atoms with E-state index in [0.29, 0.717) is 38.2 Å². The van der Waals surface area contributed by atoms with Gasteiger partial charge in [-0.1, -0.05) is 115 Å². The van der Waals surface area contributed by atoms with Gasteiger partial charge in [-0.2, -0.15) is 0 Å². The van der Waals surface area contributed by atoms with Crippen LogP contribution in [0.2, 0.25) is 0 Å². The number of hydrogen-bond acceptors (Lipinski definition) is 6. The van der Waals surface area contributed by atoms with Gasteiger partial charge in [-0.25, -0.2) is 0 Å². The third-order valence-corrected chi connectivity index (χ3v) is 9.23. The van der Waals surface area contributed by atoms with Crippen LogP contribution in [0.1, 0.15) is 54.4 Å². The predicted molar refractivity (Wildman–Crippen MR) is 213 cm³/mol. The Morgan fingerprint density at radius 1 is 0.741 bits per heavy atom. The zero-order chi connectivity index (χ0) is 38.4. The van der Waals surface area contributed by atoms with E-state index in [9.17, 15) is 19.5 Å². The second-order valence-electron chi connectivity index (χ2n) is 13.5. The summed E-state index contributed by atoms with van der Waals surface area (Å²) in [5.41, 5.74) is 3.96. The summed E-state index contributed by atoms with van der Waals surface area (Å²) in [6.07, 6.45) is 6.89. The molecule has 0 saturated carbocycles. The van der Waals surface area contributed by atoms with E-state index in [1.807, 2.05) is 121 Å². The Kier molecular flexibility index (Phi) is 17.8. The summed E-state index contributed by atoms with van der Waals surface area (Å²) in [6.45, 7) is 8.34. The summed E-state index contributed by atoms with van der Waals surface area (Å²) in [6, 6.07) is 36.4. The molecule has 0 aliphatic heterocycles. The summed E-state index contributed by atoms with van der Waals surface area (Å²) in [4.78, 5) is 42.7. The van der Waals surface area contributed by atoms with Crippen LogP contribution in [0.25, 0.3) is 0 Å². The molecule has 0 heterocycles. The van der Waals surface area contributed by atoms with Gasteiger partial charge < -0.3 is 24.8 Å². The number of unbranched alkanes of at least 4 members (excludes halogenated alkanes) is 1. The number of amides is 2. The van der Waals surface area contributed by atoms with E-state index >= 15 is 0 Å². The molecule has 8 nitrogen and oxygen atoms in total. The number of esters is 1. The molecule has 0 saturated heterocycles. The van der Waals surface area contributed by atoms with Gasteiger partial charge in [-0.05, 0) is 72.9 Å². The molecule has 284 valence electrons. The Labute approximate surface area is 320 Å². The molecular formula is C46H54N2O6. The van der Waals surface area contributed by atoms with Crippen LogP contribution in [-0.2, 0) is 45.1 Å². The van der Waals surface area contributed by atoms with Crippen LogP contribution in [0.5, 0.6) is 5.75 Å². The van der Waals surface area contributed by atoms with Gasteiger partial charge in [-0.15, -0.1) is 13.2 Å². The molecule has 0 aromatic heterocycles. The van der Waals surface area contributed by atoms with E-state index < -0.39 is 12.0 Å². The van der Waals surface area contributed by atoms with E-state index in [-0.39, 0.29) is 56.3 Å². The maximum absolute atomic E-state index is 13.9. The predicted octanol–water partition coefficient (Wildman–Crippen LogP) is 7.65. The Hall–Kier alpha value is -5.47. The van der Waals surface area contributed by atoms with Crippen molar-refractivity contribution < 1.29 is 29.0 Å². The quantitative estimate of drug-likeness (QED) is 0.0436. The molecule has 0 aliphatic rings. The number of nitrogens with zero attached hydrogens (tertiary/aromatic N) is 1. The molecule has 54 heavy (non-hydrogen) atoms.